The third-order valence-electron chi connectivity index (χ3n) is 0.936. The Morgan fingerprint density at radius 3 is 2.00 bits per heavy atom. The van der Waals surface area contributed by atoms with E-state index in [9.17, 15) is 4.79 Å². The van der Waals surface area contributed by atoms with Crippen LogP contribution in [0.5, 0.6) is 0 Å². The van der Waals surface area contributed by atoms with Gasteiger partial charge in [-0.1, -0.05) is 30.3 Å². The van der Waals surface area contributed by atoms with Crippen molar-refractivity contribution in [1.29, 1.82) is 5.26 Å². The normalized spacial score (nSPS) is 7.00. The van der Waals surface area contributed by atoms with Crippen LogP contribution in [0.1, 0.15) is 10.4 Å². The van der Waals surface area contributed by atoms with Crippen LogP contribution in [0, 0.1) is 11.8 Å². The third-order valence-corrected chi connectivity index (χ3v) is 0.936. The first-order valence-corrected chi connectivity index (χ1v) is 2.66. The summed E-state index contributed by atoms with van der Waals surface area (Å²) in [5.41, 5.74) is 0.729. The monoisotopic (exact) mass is 132 g/mol. The Labute approximate surface area is 59.7 Å². The van der Waals surface area contributed by atoms with Crippen LogP contribution in [0.3, 0.4) is 0 Å². The van der Waals surface area contributed by atoms with Crippen molar-refractivity contribution in [2.24, 2.45) is 0 Å². The first-order chi connectivity index (χ1) is 4.93. The van der Waals surface area contributed by atoms with Crippen molar-refractivity contribution >= 4 is 6.29 Å². The van der Waals surface area contributed by atoms with E-state index in [-0.39, 0.29) is 0 Å². The van der Waals surface area contributed by atoms with Gasteiger partial charge >= 0.3 is 0 Å². The molecule has 0 aromatic heterocycles. The van der Waals surface area contributed by atoms with Gasteiger partial charge in [0, 0.05) is 5.56 Å². The Bertz CT molecular complexity index is 203. The Kier molecular flexibility index (Phi) is 4.62. The molecule has 0 saturated heterocycles. The van der Waals surface area contributed by atoms with Gasteiger partial charge in [-0.2, -0.15) is 0 Å². The van der Waals surface area contributed by atoms with Crippen LogP contribution in [0.15, 0.2) is 30.3 Å². The highest BCUT2D eigenvalue weighted by Crippen LogP contribution is 1.91. The molecule has 0 heterocycles. The van der Waals surface area contributed by atoms with Gasteiger partial charge in [0.25, 0.3) is 0 Å². The maximum Gasteiger partial charge on any atom is 0.150 e. The van der Waals surface area contributed by atoms with E-state index in [1.165, 1.54) is 0 Å². The minimum absolute atomic E-state index is 0.729. The molecule has 50 valence electrons. The zero-order chi connectivity index (χ0) is 7.82. The fraction of sp³-hybridized carbons (Fsp3) is 0. The van der Waals surface area contributed by atoms with Crippen LogP contribution in [-0.4, -0.2) is 6.29 Å². The average molecular weight is 132 g/mol. The van der Waals surface area contributed by atoms with Crippen molar-refractivity contribution in [3.8, 4) is 0 Å². The van der Waals surface area contributed by atoms with Gasteiger partial charge in [-0.3, -0.25) is 4.79 Å². The highest BCUT2D eigenvalue weighted by Gasteiger charge is 1.79. The highest BCUT2D eigenvalue weighted by molar-refractivity contribution is 5.74. The second-order valence-electron chi connectivity index (χ2n) is 1.53. The Hall–Kier alpha value is -1.62. The minimum atomic E-state index is 0.729. The average Bonchev–Trinajstić information content (AvgIpc) is 2.10. The SMILES string of the molecule is O=Cc1ccccc1.[C-]#N. The van der Waals surface area contributed by atoms with E-state index in [0.29, 0.717) is 0 Å². The van der Waals surface area contributed by atoms with E-state index in [4.69, 9.17) is 11.8 Å². The van der Waals surface area contributed by atoms with Crippen molar-refractivity contribution in [2.45, 2.75) is 0 Å². The summed E-state index contributed by atoms with van der Waals surface area (Å²) < 4.78 is 0. The lowest BCUT2D eigenvalue weighted by molar-refractivity contribution is 0.112. The lowest BCUT2D eigenvalue weighted by Crippen LogP contribution is -1.73. The number of carbonyl (C=O) groups excluding carboxylic acids is 1. The summed E-state index contributed by atoms with van der Waals surface area (Å²) >= 11 is 0. The van der Waals surface area contributed by atoms with Crippen LogP contribution in [-0.2, 0) is 0 Å². The zero-order valence-electron chi connectivity index (χ0n) is 5.32. The smallest absolute Gasteiger partial charge is 0.150 e. The summed E-state index contributed by atoms with van der Waals surface area (Å²) in [6.07, 6.45) is 0.833. The second-order valence-corrected chi connectivity index (χ2v) is 1.53. The van der Waals surface area contributed by atoms with Gasteiger partial charge in [-0.15, -0.1) is 0 Å². The Morgan fingerprint density at radius 1 is 1.20 bits per heavy atom. The van der Waals surface area contributed by atoms with E-state index < -0.39 is 0 Å². The number of nitrogens with zero attached hydrogens (tertiary/aromatic N) is 1. The number of benzene rings is 1. The number of carbonyl (C=O) groups is 1. The number of hydrogen-bond donors (Lipinski definition) is 0. The molecule has 0 bridgehead atoms. The molecule has 0 aliphatic rings. The van der Waals surface area contributed by atoms with E-state index in [1.54, 1.807) is 12.1 Å². The van der Waals surface area contributed by atoms with Gasteiger partial charge in [0.05, 0.1) is 0 Å². The third kappa shape index (κ3) is 2.63. The van der Waals surface area contributed by atoms with E-state index in [0.717, 1.165) is 11.8 Å². The fourth-order valence-electron chi connectivity index (χ4n) is 0.532. The topological polar surface area (TPSA) is 40.9 Å². The standard InChI is InChI=1S/C7H6O.CN/c8-6-7-4-2-1-3-5-7;1-2/h1-6H;/q;-1. The largest absolute Gasteiger partial charge is 0.512 e. The molecule has 1 aromatic carbocycles. The van der Waals surface area contributed by atoms with E-state index in [2.05, 4.69) is 0 Å². The molecule has 0 amide bonds. The van der Waals surface area contributed by atoms with Gasteiger partial charge in [-0.05, 0) is 0 Å². The molecule has 2 nitrogen and oxygen atoms in total. The molecule has 0 unspecified atom stereocenters. The molecule has 0 fully saturated rings. The van der Waals surface area contributed by atoms with Crippen LogP contribution >= 0.6 is 0 Å². The van der Waals surface area contributed by atoms with Crippen LogP contribution in [0.4, 0.5) is 0 Å². The molecule has 0 radical (unpaired) electrons. The summed E-state index contributed by atoms with van der Waals surface area (Å²) in [7, 11) is 0. The van der Waals surface area contributed by atoms with Crippen molar-refractivity contribution in [3.63, 3.8) is 0 Å². The molecule has 0 N–H and O–H groups in total. The van der Waals surface area contributed by atoms with Gasteiger partial charge in [0.1, 0.15) is 6.29 Å². The maximum atomic E-state index is 10.0. The molecule has 1 aromatic rings. The van der Waals surface area contributed by atoms with Gasteiger partial charge < -0.3 is 11.8 Å². The lowest BCUT2D eigenvalue weighted by atomic mass is 10.2. The van der Waals surface area contributed by atoms with Gasteiger partial charge in [-0.25, -0.2) is 0 Å². The van der Waals surface area contributed by atoms with Crippen LogP contribution in [0.25, 0.3) is 0 Å². The molecular formula is C8H6NO-. The van der Waals surface area contributed by atoms with Crippen LogP contribution < -0.4 is 0 Å². The molecule has 0 saturated carbocycles. The van der Waals surface area contributed by atoms with E-state index in [1.807, 2.05) is 18.2 Å². The molecule has 0 aliphatic heterocycles. The predicted molar refractivity (Wildman–Crippen MR) is 36.8 cm³/mol. The number of rotatable bonds is 1. The van der Waals surface area contributed by atoms with Gasteiger partial charge in [0.2, 0.25) is 0 Å². The fourth-order valence-corrected chi connectivity index (χ4v) is 0.532. The predicted octanol–water partition coefficient (Wildman–Crippen LogP) is 1.60. The minimum Gasteiger partial charge on any atom is -0.512 e. The Balaban J connectivity index is 0.000000371. The summed E-state index contributed by atoms with van der Waals surface area (Å²) in [4.78, 5) is 10.0. The van der Waals surface area contributed by atoms with Crippen molar-refractivity contribution < 1.29 is 4.79 Å². The summed E-state index contributed by atoms with van der Waals surface area (Å²) in [6.45, 7) is 4.75. The number of hydrogen-bond acceptors (Lipinski definition) is 2. The van der Waals surface area contributed by atoms with Crippen molar-refractivity contribution in [3.05, 3.63) is 42.5 Å². The van der Waals surface area contributed by atoms with Crippen molar-refractivity contribution in [1.82, 2.24) is 0 Å². The molecule has 2 heteroatoms. The summed E-state index contributed by atoms with van der Waals surface area (Å²) in [5.74, 6) is 0. The Morgan fingerprint density at radius 2 is 1.70 bits per heavy atom. The zero-order valence-corrected chi connectivity index (χ0v) is 5.32. The lowest BCUT2D eigenvalue weighted by Gasteiger charge is -1.81. The molecule has 0 atom stereocenters. The van der Waals surface area contributed by atoms with Crippen LogP contribution in [0.2, 0.25) is 0 Å². The first-order valence-electron chi connectivity index (χ1n) is 2.66. The summed E-state index contributed by atoms with van der Waals surface area (Å²) in [6, 6.07) is 9.10. The molecule has 10 heavy (non-hydrogen) atoms. The molecule has 1 rings (SSSR count). The van der Waals surface area contributed by atoms with Crippen molar-refractivity contribution in [2.75, 3.05) is 0 Å². The quantitative estimate of drug-likeness (QED) is 0.430. The molecule has 0 spiro atoms. The number of aldehydes is 1. The van der Waals surface area contributed by atoms with E-state index >= 15 is 0 Å². The maximum absolute atomic E-state index is 10.0. The molecular weight excluding hydrogens is 126 g/mol. The summed E-state index contributed by atoms with van der Waals surface area (Å²) in [5, 5.41) is 6.25. The second kappa shape index (κ2) is 5.52. The first kappa shape index (κ1) is 8.38. The highest BCUT2D eigenvalue weighted by atomic mass is 16.1. The molecule has 0 aliphatic carbocycles. The van der Waals surface area contributed by atoms with Gasteiger partial charge in [0.15, 0.2) is 0 Å².